The van der Waals surface area contributed by atoms with Crippen LogP contribution in [0.15, 0.2) is 47.5 Å². The summed E-state index contributed by atoms with van der Waals surface area (Å²) in [5.41, 5.74) is 2.13. The van der Waals surface area contributed by atoms with Crippen molar-refractivity contribution in [2.45, 2.75) is 19.6 Å². The number of nitrogens with one attached hydrogen (secondary N) is 1. The van der Waals surface area contributed by atoms with Crippen LogP contribution in [0, 0.1) is 5.92 Å². The maximum Gasteiger partial charge on any atom is 0.193 e. The highest BCUT2D eigenvalue weighted by molar-refractivity contribution is 14.0. The van der Waals surface area contributed by atoms with Crippen LogP contribution in [0.25, 0.3) is 0 Å². The van der Waals surface area contributed by atoms with Gasteiger partial charge in [-0.1, -0.05) is 30.3 Å². The summed E-state index contributed by atoms with van der Waals surface area (Å²) in [5.74, 6) is 3.48. The number of hydrogen-bond acceptors (Lipinski definition) is 5. The van der Waals surface area contributed by atoms with E-state index < -0.39 is 0 Å². The number of benzene rings is 2. The molecule has 1 aliphatic rings. The van der Waals surface area contributed by atoms with Gasteiger partial charge in [-0.3, -0.25) is 4.99 Å². The third kappa shape index (κ3) is 6.90. The molecule has 1 atom stereocenters. The summed E-state index contributed by atoms with van der Waals surface area (Å²) >= 11 is 0. The zero-order valence-electron chi connectivity index (χ0n) is 19.3. The summed E-state index contributed by atoms with van der Waals surface area (Å²) in [6.07, 6.45) is 1.09. The molecule has 0 bridgehead atoms. The quantitative estimate of drug-likeness (QED) is 0.288. The van der Waals surface area contributed by atoms with E-state index in [1.54, 1.807) is 21.3 Å². The van der Waals surface area contributed by atoms with Gasteiger partial charge in [0.1, 0.15) is 17.2 Å². The minimum atomic E-state index is 0. The molecule has 1 N–H and O–H groups in total. The van der Waals surface area contributed by atoms with E-state index in [0.29, 0.717) is 36.3 Å². The minimum Gasteiger partial charge on any atom is -0.496 e. The van der Waals surface area contributed by atoms with E-state index in [1.165, 1.54) is 5.56 Å². The highest BCUT2D eigenvalue weighted by Gasteiger charge is 2.25. The molecule has 0 saturated carbocycles. The number of ether oxygens (including phenoxy) is 4. The third-order valence-corrected chi connectivity index (χ3v) is 5.50. The first-order valence-electron chi connectivity index (χ1n) is 10.5. The summed E-state index contributed by atoms with van der Waals surface area (Å²) in [6, 6.07) is 14.0. The number of guanidine groups is 1. The average Bonchev–Trinajstić information content (AvgIpc) is 3.28. The Morgan fingerprint density at radius 2 is 1.75 bits per heavy atom. The van der Waals surface area contributed by atoms with Crippen LogP contribution in [0.3, 0.4) is 0 Å². The molecule has 2 aromatic carbocycles. The Morgan fingerprint density at radius 1 is 1.06 bits per heavy atom. The second-order valence-electron chi connectivity index (χ2n) is 7.51. The molecular weight excluding hydrogens is 521 g/mol. The molecule has 1 aliphatic heterocycles. The smallest absolute Gasteiger partial charge is 0.193 e. The molecule has 176 valence electrons. The van der Waals surface area contributed by atoms with Crippen LogP contribution < -0.4 is 19.5 Å². The number of rotatable bonds is 9. The molecule has 1 heterocycles. The molecule has 32 heavy (non-hydrogen) atoms. The first kappa shape index (κ1) is 26.1. The average molecular weight is 555 g/mol. The van der Waals surface area contributed by atoms with Gasteiger partial charge in [0.2, 0.25) is 0 Å². The van der Waals surface area contributed by atoms with Gasteiger partial charge in [0.05, 0.1) is 46.7 Å². The molecule has 0 radical (unpaired) electrons. The fourth-order valence-corrected chi connectivity index (χ4v) is 3.83. The first-order valence-corrected chi connectivity index (χ1v) is 10.5. The second-order valence-corrected chi connectivity index (χ2v) is 7.51. The Hall–Kier alpha value is -2.20. The molecule has 0 aliphatic carbocycles. The van der Waals surface area contributed by atoms with Crippen LogP contribution in [0.2, 0.25) is 0 Å². The van der Waals surface area contributed by atoms with Crippen LogP contribution in [-0.4, -0.2) is 58.9 Å². The van der Waals surface area contributed by atoms with Gasteiger partial charge in [-0.2, -0.15) is 0 Å². The summed E-state index contributed by atoms with van der Waals surface area (Å²) < 4.78 is 22.4. The maximum absolute atomic E-state index is 5.95. The number of nitrogens with zero attached hydrogens (tertiary/aromatic N) is 2. The van der Waals surface area contributed by atoms with Gasteiger partial charge in [0.25, 0.3) is 0 Å². The fraction of sp³-hybridized carbons (Fsp3) is 0.458. The van der Waals surface area contributed by atoms with Crippen molar-refractivity contribution < 1.29 is 18.9 Å². The van der Waals surface area contributed by atoms with Crippen molar-refractivity contribution in [3.8, 4) is 17.2 Å². The Labute approximate surface area is 208 Å². The number of halogens is 1. The van der Waals surface area contributed by atoms with Crippen LogP contribution >= 0.6 is 24.0 Å². The molecule has 0 amide bonds. The van der Waals surface area contributed by atoms with Crippen LogP contribution in [-0.2, 0) is 17.9 Å². The lowest BCUT2D eigenvalue weighted by Crippen LogP contribution is -2.40. The van der Waals surface area contributed by atoms with E-state index in [1.807, 2.05) is 37.4 Å². The van der Waals surface area contributed by atoms with Crippen molar-refractivity contribution >= 4 is 29.9 Å². The van der Waals surface area contributed by atoms with Crippen LogP contribution in [0.5, 0.6) is 17.2 Å². The predicted molar refractivity (Wildman–Crippen MR) is 137 cm³/mol. The Bertz CT molecular complexity index is 839. The molecule has 7 nitrogen and oxygen atoms in total. The molecule has 0 aromatic heterocycles. The lowest BCUT2D eigenvalue weighted by molar-refractivity contribution is 0.0906. The van der Waals surface area contributed by atoms with Crippen LogP contribution in [0.1, 0.15) is 17.5 Å². The fourth-order valence-electron chi connectivity index (χ4n) is 3.83. The molecule has 0 spiro atoms. The zero-order chi connectivity index (χ0) is 22.1. The Kier molecular flexibility index (Phi) is 10.9. The van der Waals surface area contributed by atoms with Gasteiger partial charge in [-0.05, 0) is 12.0 Å². The number of aliphatic imine (C=N–C) groups is 1. The van der Waals surface area contributed by atoms with E-state index in [0.717, 1.165) is 37.6 Å². The molecule has 8 heteroatoms. The van der Waals surface area contributed by atoms with Gasteiger partial charge in [-0.15, -0.1) is 24.0 Å². The standard InChI is InChI=1S/C24H33N3O4.HI/c1-25-24(26-14-21-22(29-3)12-20(28-2)13-23(21)30-4)27-11-10-19(15-27)17-31-16-18-8-6-5-7-9-18;/h5-9,12-13,19H,10-11,14-17H2,1-4H3,(H,25,26);1H. The largest absolute Gasteiger partial charge is 0.496 e. The number of hydrogen-bond donors (Lipinski definition) is 1. The monoisotopic (exact) mass is 555 g/mol. The van der Waals surface area contributed by atoms with Crippen molar-refractivity contribution in [1.82, 2.24) is 10.2 Å². The zero-order valence-corrected chi connectivity index (χ0v) is 21.6. The maximum atomic E-state index is 5.95. The van der Waals surface area contributed by atoms with Gasteiger partial charge in [-0.25, -0.2) is 0 Å². The minimum absolute atomic E-state index is 0. The van der Waals surface area contributed by atoms with E-state index >= 15 is 0 Å². The summed E-state index contributed by atoms with van der Waals surface area (Å²) in [5, 5.41) is 3.45. The second kappa shape index (κ2) is 13.4. The molecular formula is C24H34IN3O4. The van der Waals surface area contributed by atoms with Crippen molar-refractivity contribution in [3.05, 3.63) is 53.6 Å². The normalized spacial score (nSPS) is 15.8. The van der Waals surface area contributed by atoms with Crippen LogP contribution in [0.4, 0.5) is 0 Å². The first-order chi connectivity index (χ1) is 15.2. The van der Waals surface area contributed by atoms with Crippen molar-refractivity contribution in [3.63, 3.8) is 0 Å². The third-order valence-electron chi connectivity index (χ3n) is 5.50. The summed E-state index contributed by atoms with van der Waals surface area (Å²) in [6.45, 7) is 3.82. The van der Waals surface area contributed by atoms with Gasteiger partial charge >= 0.3 is 0 Å². The molecule has 1 unspecified atom stereocenters. The topological polar surface area (TPSA) is 64.6 Å². The Balaban J connectivity index is 0.00000363. The lowest BCUT2D eigenvalue weighted by Gasteiger charge is -2.23. The van der Waals surface area contributed by atoms with Gasteiger partial charge in [0.15, 0.2) is 5.96 Å². The highest BCUT2D eigenvalue weighted by Crippen LogP contribution is 2.34. The van der Waals surface area contributed by atoms with Gasteiger partial charge < -0.3 is 29.2 Å². The SMILES string of the molecule is CN=C(NCc1c(OC)cc(OC)cc1OC)N1CCC(COCc2ccccc2)C1.I. The van der Waals surface area contributed by atoms with E-state index in [9.17, 15) is 0 Å². The highest BCUT2D eigenvalue weighted by atomic mass is 127. The summed E-state index contributed by atoms with van der Waals surface area (Å²) in [4.78, 5) is 6.75. The van der Waals surface area contributed by atoms with Crippen molar-refractivity contribution in [1.29, 1.82) is 0 Å². The lowest BCUT2D eigenvalue weighted by atomic mass is 10.1. The molecule has 1 saturated heterocycles. The van der Waals surface area contributed by atoms with E-state index in [4.69, 9.17) is 18.9 Å². The molecule has 1 fully saturated rings. The van der Waals surface area contributed by atoms with E-state index in [-0.39, 0.29) is 24.0 Å². The van der Waals surface area contributed by atoms with Crippen molar-refractivity contribution in [2.24, 2.45) is 10.9 Å². The van der Waals surface area contributed by atoms with E-state index in [2.05, 4.69) is 27.3 Å². The number of methoxy groups -OCH3 is 3. The predicted octanol–water partition coefficient (Wildman–Crippen LogP) is 3.94. The summed E-state index contributed by atoms with van der Waals surface area (Å²) in [7, 11) is 6.73. The van der Waals surface area contributed by atoms with Gasteiger partial charge in [0, 0.05) is 38.2 Å². The Morgan fingerprint density at radius 3 is 2.34 bits per heavy atom. The number of likely N-dealkylation sites (tertiary alicyclic amines) is 1. The molecule has 3 rings (SSSR count). The van der Waals surface area contributed by atoms with Crippen molar-refractivity contribution in [2.75, 3.05) is 48.1 Å². The molecule has 2 aromatic rings.